The van der Waals surface area contributed by atoms with E-state index in [9.17, 15) is 4.79 Å². The van der Waals surface area contributed by atoms with Gasteiger partial charge in [0.2, 0.25) is 5.91 Å². The number of hydrogen-bond donors (Lipinski definition) is 2. The predicted octanol–water partition coefficient (Wildman–Crippen LogP) is 2.63. The molecule has 0 bridgehead atoms. The number of carbonyl (C=O) groups is 1. The second kappa shape index (κ2) is 7.88. The Labute approximate surface area is 110 Å². The van der Waals surface area contributed by atoms with E-state index in [4.69, 9.17) is 5.73 Å². The van der Waals surface area contributed by atoms with E-state index in [0.717, 1.165) is 18.4 Å². The van der Waals surface area contributed by atoms with E-state index in [-0.39, 0.29) is 11.9 Å². The van der Waals surface area contributed by atoms with Crippen molar-refractivity contribution in [2.75, 3.05) is 6.54 Å². The molecule has 0 spiro atoms. The normalized spacial score (nSPS) is 13.9. The number of nitrogens with one attached hydrogen (secondary N) is 1. The van der Waals surface area contributed by atoms with Crippen LogP contribution in [0.5, 0.6) is 0 Å². The highest BCUT2D eigenvalue weighted by molar-refractivity contribution is 5.76. The van der Waals surface area contributed by atoms with E-state index >= 15 is 0 Å². The molecule has 1 amide bonds. The molecule has 0 aliphatic rings. The Balaban J connectivity index is 2.32. The van der Waals surface area contributed by atoms with Gasteiger partial charge in [0.1, 0.15) is 0 Å². The SMILES string of the molecule is CC(CCN)CCC(=O)N[C@H](C)c1ccccc1. The van der Waals surface area contributed by atoms with E-state index in [0.29, 0.717) is 18.9 Å². The molecule has 1 unspecified atom stereocenters. The van der Waals surface area contributed by atoms with Gasteiger partial charge >= 0.3 is 0 Å². The Morgan fingerprint density at radius 3 is 2.50 bits per heavy atom. The van der Waals surface area contributed by atoms with Gasteiger partial charge in [-0.15, -0.1) is 0 Å². The number of carbonyl (C=O) groups excluding carboxylic acids is 1. The molecule has 2 atom stereocenters. The molecule has 1 aromatic carbocycles. The fourth-order valence-electron chi connectivity index (χ4n) is 1.95. The van der Waals surface area contributed by atoms with Gasteiger partial charge in [0.25, 0.3) is 0 Å². The summed E-state index contributed by atoms with van der Waals surface area (Å²) in [6.07, 6.45) is 2.48. The number of nitrogens with two attached hydrogens (primary N) is 1. The number of benzene rings is 1. The topological polar surface area (TPSA) is 55.1 Å². The van der Waals surface area contributed by atoms with Crippen LogP contribution in [0.4, 0.5) is 0 Å². The number of hydrogen-bond acceptors (Lipinski definition) is 2. The first kappa shape index (κ1) is 14.7. The highest BCUT2D eigenvalue weighted by Gasteiger charge is 2.10. The summed E-state index contributed by atoms with van der Waals surface area (Å²) in [7, 11) is 0. The van der Waals surface area contributed by atoms with Crippen LogP contribution in [-0.4, -0.2) is 12.5 Å². The van der Waals surface area contributed by atoms with Crippen LogP contribution in [0.25, 0.3) is 0 Å². The van der Waals surface area contributed by atoms with Crippen LogP contribution >= 0.6 is 0 Å². The number of amides is 1. The van der Waals surface area contributed by atoms with Crippen LogP contribution in [0.1, 0.15) is 44.7 Å². The lowest BCUT2D eigenvalue weighted by molar-refractivity contribution is -0.122. The van der Waals surface area contributed by atoms with Crippen molar-refractivity contribution in [3.05, 3.63) is 35.9 Å². The molecule has 3 nitrogen and oxygen atoms in total. The fourth-order valence-corrected chi connectivity index (χ4v) is 1.95. The molecule has 100 valence electrons. The molecule has 0 aliphatic carbocycles. The lowest BCUT2D eigenvalue weighted by Gasteiger charge is -2.15. The van der Waals surface area contributed by atoms with Gasteiger partial charge in [-0.3, -0.25) is 4.79 Å². The van der Waals surface area contributed by atoms with E-state index in [1.165, 1.54) is 0 Å². The van der Waals surface area contributed by atoms with E-state index in [1.807, 2.05) is 37.3 Å². The van der Waals surface area contributed by atoms with Crippen molar-refractivity contribution in [2.45, 2.75) is 39.2 Å². The zero-order chi connectivity index (χ0) is 13.4. The summed E-state index contributed by atoms with van der Waals surface area (Å²) >= 11 is 0. The third kappa shape index (κ3) is 5.32. The van der Waals surface area contributed by atoms with Crippen LogP contribution < -0.4 is 11.1 Å². The zero-order valence-corrected chi connectivity index (χ0v) is 11.4. The summed E-state index contributed by atoms with van der Waals surface area (Å²) in [4.78, 5) is 11.8. The van der Waals surface area contributed by atoms with Gasteiger partial charge < -0.3 is 11.1 Å². The van der Waals surface area contributed by atoms with Gasteiger partial charge in [-0.25, -0.2) is 0 Å². The summed E-state index contributed by atoms with van der Waals surface area (Å²) in [5.74, 6) is 0.642. The lowest BCUT2D eigenvalue weighted by atomic mass is 10.0. The van der Waals surface area contributed by atoms with Gasteiger partial charge in [-0.1, -0.05) is 37.3 Å². The van der Waals surface area contributed by atoms with Gasteiger partial charge in [-0.2, -0.15) is 0 Å². The summed E-state index contributed by atoms with van der Waals surface area (Å²) in [6, 6.07) is 10.1. The molecule has 0 radical (unpaired) electrons. The Morgan fingerprint density at radius 2 is 1.89 bits per heavy atom. The van der Waals surface area contributed by atoms with Crippen molar-refractivity contribution in [1.82, 2.24) is 5.32 Å². The second-order valence-electron chi connectivity index (χ2n) is 4.92. The summed E-state index contributed by atoms with van der Waals surface area (Å²) in [6.45, 7) is 4.85. The Kier molecular flexibility index (Phi) is 6.44. The zero-order valence-electron chi connectivity index (χ0n) is 11.4. The van der Waals surface area contributed by atoms with Crippen LogP contribution in [0.2, 0.25) is 0 Å². The summed E-state index contributed by atoms with van der Waals surface area (Å²) in [5.41, 5.74) is 6.63. The highest BCUT2D eigenvalue weighted by Crippen LogP contribution is 2.13. The minimum absolute atomic E-state index is 0.0727. The monoisotopic (exact) mass is 248 g/mol. The predicted molar refractivity (Wildman–Crippen MR) is 75.1 cm³/mol. The lowest BCUT2D eigenvalue weighted by Crippen LogP contribution is -2.26. The van der Waals surface area contributed by atoms with E-state index in [2.05, 4.69) is 12.2 Å². The van der Waals surface area contributed by atoms with Crippen molar-refractivity contribution in [3.8, 4) is 0 Å². The molecule has 0 saturated heterocycles. The quantitative estimate of drug-likeness (QED) is 0.779. The van der Waals surface area contributed by atoms with Crippen LogP contribution in [0, 0.1) is 5.92 Å². The summed E-state index contributed by atoms with van der Waals surface area (Å²) in [5, 5.41) is 3.02. The molecule has 3 heteroatoms. The van der Waals surface area contributed by atoms with Gasteiger partial charge in [0.15, 0.2) is 0 Å². The average Bonchev–Trinajstić information content (AvgIpc) is 2.38. The first-order chi connectivity index (χ1) is 8.63. The molecule has 0 saturated carbocycles. The molecule has 0 heterocycles. The minimum atomic E-state index is 0.0727. The highest BCUT2D eigenvalue weighted by atomic mass is 16.1. The molecule has 1 aromatic rings. The maximum Gasteiger partial charge on any atom is 0.220 e. The molecule has 1 rings (SSSR count). The first-order valence-electron chi connectivity index (χ1n) is 6.68. The Hall–Kier alpha value is -1.35. The molecular weight excluding hydrogens is 224 g/mol. The number of rotatable bonds is 7. The van der Waals surface area contributed by atoms with Crippen LogP contribution in [-0.2, 0) is 4.79 Å². The van der Waals surface area contributed by atoms with Crippen molar-refractivity contribution in [2.24, 2.45) is 11.7 Å². The maximum absolute atomic E-state index is 11.8. The summed E-state index contributed by atoms with van der Waals surface area (Å²) < 4.78 is 0. The third-order valence-electron chi connectivity index (χ3n) is 3.20. The molecular formula is C15H24N2O. The van der Waals surface area contributed by atoms with Gasteiger partial charge in [0, 0.05) is 6.42 Å². The molecule has 18 heavy (non-hydrogen) atoms. The first-order valence-corrected chi connectivity index (χ1v) is 6.68. The van der Waals surface area contributed by atoms with Crippen molar-refractivity contribution >= 4 is 5.91 Å². The van der Waals surface area contributed by atoms with E-state index < -0.39 is 0 Å². The second-order valence-corrected chi connectivity index (χ2v) is 4.92. The largest absolute Gasteiger partial charge is 0.350 e. The smallest absolute Gasteiger partial charge is 0.220 e. The average molecular weight is 248 g/mol. The Morgan fingerprint density at radius 1 is 1.22 bits per heavy atom. The van der Waals surface area contributed by atoms with E-state index in [1.54, 1.807) is 0 Å². The standard InChI is InChI=1S/C15H24N2O/c1-12(10-11-16)8-9-15(18)17-13(2)14-6-4-3-5-7-14/h3-7,12-13H,8-11,16H2,1-2H3,(H,17,18)/t12?,13-/m1/s1. The molecule has 0 aromatic heterocycles. The van der Waals surface area contributed by atoms with Crippen LogP contribution in [0.3, 0.4) is 0 Å². The molecule has 0 aliphatic heterocycles. The van der Waals surface area contributed by atoms with Crippen molar-refractivity contribution < 1.29 is 4.79 Å². The minimum Gasteiger partial charge on any atom is -0.350 e. The molecule has 0 fully saturated rings. The molecule has 3 N–H and O–H groups in total. The van der Waals surface area contributed by atoms with Crippen molar-refractivity contribution in [1.29, 1.82) is 0 Å². The fraction of sp³-hybridized carbons (Fsp3) is 0.533. The Bertz CT molecular complexity index is 351. The van der Waals surface area contributed by atoms with Gasteiger partial charge in [0.05, 0.1) is 6.04 Å². The van der Waals surface area contributed by atoms with Crippen molar-refractivity contribution in [3.63, 3.8) is 0 Å². The third-order valence-corrected chi connectivity index (χ3v) is 3.20. The van der Waals surface area contributed by atoms with Crippen LogP contribution in [0.15, 0.2) is 30.3 Å². The maximum atomic E-state index is 11.8. The van der Waals surface area contributed by atoms with Gasteiger partial charge in [-0.05, 0) is 37.8 Å².